The zero-order valence-electron chi connectivity index (χ0n) is 26.4. The Morgan fingerprint density at radius 1 is 0.561 bits per heavy atom. The number of ether oxygens (including phenoxy) is 2. The summed E-state index contributed by atoms with van der Waals surface area (Å²) < 4.78 is 11.0. The van der Waals surface area contributed by atoms with Gasteiger partial charge >= 0.3 is 5.97 Å². The van der Waals surface area contributed by atoms with Crippen LogP contribution in [-0.2, 0) is 49.2 Å². The molecule has 0 rings (SSSR count). The smallest absolute Gasteiger partial charge is 0.361 e. The van der Waals surface area contributed by atoms with Crippen LogP contribution >= 0.6 is 0 Å². The van der Waals surface area contributed by atoms with Gasteiger partial charge in [-0.3, -0.25) is 0 Å². The molecule has 0 aromatic heterocycles. The zero-order chi connectivity index (χ0) is 30.1. The third-order valence-electron chi connectivity index (χ3n) is 6.63. The minimum Gasteiger partial charge on any atom is -0.498 e. The van der Waals surface area contributed by atoms with Crippen LogP contribution in [0, 0.1) is 0 Å². The standard InChI is InChI=1S/C30H60NO10/c1-5-7-9-11-13-15-16-18-20-22-24-33-25-27-35-37-39-41-40-38-36-28-26-34-30(32)29-31(3,4)23-21-19-17-14-12-10-8-6-2/h25,27H,5-24,26,28-29H2,1-4H3/q+1. The van der Waals surface area contributed by atoms with E-state index in [2.05, 4.69) is 48.8 Å². The predicted octanol–water partition coefficient (Wildman–Crippen LogP) is 7.76. The molecule has 0 aliphatic heterocycles. The van der Waals surface area contributed by atoms with Gasteiger partial charge in [0.25, 0.3) is 0 Å². The first kappa shape index (κ1) is 39.5. The molecule has 0 aliphatic rings. The monoisotopic (exact) mass is 594 g/mol. The third kappa shape index (κ3) is 32.9. The molecule has 41 heavy (non-hydrogen) atoms. The maximum Gasteiger partial charge on any atom is 0.361 e. The van der Waals surface area contributed by atoms with Gasteiger partial charge in [-0.05, 0) is 29.3 Å². The molecule has 244 valence electrons. The van der Waals surface area contributed by atoms with Crippen molar-refractivity contribution >= 4 is 5.97 Å². The average molecular weight is 595 g/mol. The van der Waals surface area contributed by atoms with E-state index >= 15 is 0 Å². The molecule has 0 heterocycles. The van der Waals surface area contributed by atoms with Crippen LogP contribution in [0.3, 0.4) is 0 Å². The minimum absolute atomic E-state index is 0.00431. The molecule has 0 saturated carbocycles. The lowest BCUT2D eigenvalue weighted by molar-refractivity contribution is -0.883. The second-order valence-corrected chi connectivity index (χ2v) is 11.1. The first-order valence-electron chi connectivity index (χ1n) is 15.9. The summed E-state index contributed by atoms with van der Waals surface area (Å²) in [7, 11) is 4.06. The quantitative estimate of drug-likeness (QED) is 0.0187. The van der Waals surface area contributed by atoms with Crippen LogP contribution in [0.15, 0.2) is 12.5 Å². The van der Waals surface area contributed by atoms with Crippen molar-refractivity contribution in [2.45, 2.75) is 129 Å². The number of esters is 1. The Bertz CT molecular complexity index is 577. The van der Waals surface area contributed by atoms with Crippen molar-refractivity contribution in [3.05, 3.63) is 12.5 Å². The highest BCUT2D eigenvalue weighted by molar-refractivity contribution is 5.70. The highest BCUT2D eigenvalue weighted by Gasteiger charge is 2.20. The summed E-state index contributed by atoms with van der Waals surface area (Å²) in [4.78, 5) is 21.2. The first-order chi connectivity index (χ1) is 20.0. The van der Waals surface area contributed by atoms with Crippen LogP contribution in [0.4, 0.5) is 0 Å². The number of hydrogen-bond donors (Lipinski definition) is 0. The summed E-state index contributed by atoms with van der Waals surface area (Å²) in [5, 5.41) is 20.6. The van der Waals surface area contributed by atoms with Gasteiger partial charge in [-0.25, -0.2) is 9.68 Å². The summed E-state index contributed by atoms with van der Waals surface area (Å²) in [6.45, 7) is 6.25. The second kappa shape index (κ2) is 31.5. The van der Waals surface area contributed by atoms with Crippen molar-refractivity contribution in [3.8, 4) is 0 Å². The van der Waals surface area contributed by atoms with E-state index in [-0.39, 0.29) is 19.2 Å². The Morgan fingerprint density at radius 3 is 1.68 bits per heavy atom. The van der Waals surface area contributed by atoms with Crippen molar-refractivity contribution in [3.63, 3.8) is 0 Å². The molecule has 0 atom stereocenters. The molecule has 0 spiro atoms. The third-order valence-corrected chi connectivity index (χ3v) is 6.63. The van der Waals surface area contributed by atoms with Gasteiger partial charge in [-0.15, -0.1) is 0 Å². The topological polar surface area (TPSA) is 100 Å². The number of carbonyl (C=O) groups is 1. The van der Waals surface area contributed by atoms with E-state index < -0.39 is 0 Å². The maximum absolute atomic E-state index is 12.1. The summed E-state index contributed by atoms with van der Waals surface area (Å²) in [5.41, 5.74) is 0. The normalized spacial score (nSPS) is 11.8. The van der Waals surface area contributed by atoms with Gasteiger partial charge in [-0.1, -0.05) is 110 Å². The fraction of sp³-hybridized carbons (Fsp3) is 0.900. The number of likely N-dealkylation sites (N-methyl/N-ethyl adjacent to an activating group) is 1. The van der Waals surface area contributed by atoms with Crippen molar-refractivity contribution in [1.82, 2.24) is 0 Å². The second-order valence-electron chi connectivity index (χ2n) is 11.1. The molecule has 0 N–H and O–H groups in total. The molecule has 11 nitrogen and oxygen atoms in total. The predicted molar refractivity (Wildman–Crippen MR) is 155 cm³/mol. The molecule has 0 saturated heterocycles. The van der Waals surface area contributed by atoms with Gasteiger partial charge in [0.15, 0.2) is 12.8 Å². The fourth-order valence-corrected chi connectivity index (χ4v) is 4.27. The fourth-order valence-electron chi connectivity index (χ4n) is 4.27. The molecule has 0 aliphatic carbocycles. The molecule has 11 heteroatoms. The van der Waals surface area contributed by atoms with E-state index in [4.69, 9.17) is 9.47 Å². The molecular weight excluding hydrogens is 534 g/mol. The number of hydrogen-bond acceptors (Lipinski definition) is 10. The van der Waals surface area contributed by atoms with Crippen LogP contribution in [0.2, 0.25) is 0 Å². The van der Waals surface area contributed by atoms with E-state index in [0.29, 0.717) is 17.6 Å². The highest BCUT2D eigenvalue weighted by atomic mass is 17.9. The molecule has 0 bridgehead atoms. The molecule has 0 radical (unpaired) electrons. The molecule has 0 fully saturated rings. The van der Waals surface area contributed by atoms with Crippen LogP contribution in [0.5, 0.6) is 0 Å². The van der Waals surface area contributed by atoms with Crippen molar-refractivity contribution < 1.29 is 53.7 Å². The lowest BCUT2D eigenvalue weighted by Gasteiger charge is -2.28. The van der Waals surface area contributed by atoms with Gasteiger partial charge in [-0.2, -0.15) is 0 Å². The number of unbranched alkanes of at least 4 members (excludes halogenated alkanes) is 16. The lowest BCUT2D eigenvalue weighted by atomic mass is 10.1. The first-order valence-corrected chi connectivity index (χ1v) is 15.9. The van der Waals surface area contributed by atoms with Gasteiger partial charge in [0, 0.05) is 15.1 Å². The molecular formula is C30H60NO10+. The number of carbonyl (C=O) groups excluding carboxylic acids is 1. The Labute approximate surface area is 248 Å². The van der Waals surface area contributed by atoms with Crippen LogP contribution < -0.4 is 0 Å². The van der Waals surface area contributed by atoms with E-state index in [9.17, 15) is 4.79 Å². The van der Waals surface area contributed by atoms with Gasteiger partial charge < -0.3 is 18.8 Å². The van der Waals surface area contributed by atoms with E-state index in [1.165, 1.54) is 103 Å². The van der Waals surface area contributed by atoms with Crippen molar-refractivity contribution in [2.24, 2.45) is 0 Å². The van der Waals surface area contributed by atoms with E-state index in [1.807, 2.05) is 14.1 Å². The number of rotatable bonds is 33. The number of quaternary nitrogens is 1. The van der Waals surface area contributed by atoms with Crippen LogP contribution in [0.25, 0.3) is 0 Å². The Morgan fingerprint density at radius 2 is 1.07 bits per heavy atom. The largest absolute Gasteiger partial charge is 0.498 e. The van der Waals surface area contributed by atoms with Crippen molar-refractivity contribution in [1.29, 1.82) is 0 Å². The maximum atomic E-state index is 12.1. The van der Waals surface area contributed by atoms with Crippen molar-refractivity contribution in [2.75, 3.05) is 47.0 Å². The van der Waals surface area contributed by atoms with Crippen LogP contribution in [-0.4, -0.2) is 57.5 Å². The molecule has 0 amide bonds. The summed E-state index contributed by atoms with van der Waals surface area (Å²) in [6, 6.07) is 0. The van der Waals surface area contributed by atoms with Gasteiger partial charge in [0.05, 0.1) is 27.2 Å². The highest BCUT2D eigenvalue weighted by Crippen LogP contribution is 2.11. The molecule has 0 aromatic rings. The minimum atomic E-state index is -0.301. The summed E-state index contributed by atoms with van der Waals surface area (Å²) in [5.74, 6) is -0.301. The Balaban J connectivity index is 3.37. The Kier molecular flexibility index (Phi) is 30.3. The van der Waals surface area contributed by atoms with Crippen LogP contribution in [0.1, 0.15) is 129 Å². The van der Waals surface area contributed by atoms with E-state index in [1.54, 1.807) is 0 Å². The summed E-state index contributed by atoms with van der Waals surface area (Å²) >= 11 is 0. The van der Waals surface area contributed by atoms with Gasteiger partial charge in [0.1, 0.15) is 19.5 Å². The van der Waals surface area contributed by atoms with Gasteiger partial charge in [0.2, 0.25) is 0 Å². The Hall–Kier alpha value is -1.47. The lowest BCUT2D eigenvalue weighted by Crippen LogP contribution is -2.45. The molecule has 0 aromatic carbocycles. The SMILES string of the molecule is CCCCCCCCCCCCOC=COOOOOOOCCOC(=O)C[N+](C)(C)CCCCCCCCCC. The zero-order valence-corrected chi connectivity index (χ0v) is 26.4. The molecule has 0 unspecified atom stereocenters. The number of nitrogens with zero attached hydrogens (tertiary/aromatic N) is 1. The average Bonchev–Trinajstić information content (AvgIpc) is 2.94. The summed E-state index contributed by atoms with van der Waals surface area (Å²) in [6.07, 6.45) is 25.3. The van der Waals surface area contributed by atoms with E-state index in [0.717, 1.165) is 32.1 Å².